The van der Waals surface area contributed by atoms with Gasteiger partial charge in [0.1, 0.15) is 18.0 Å². The van der Waals surface area contributed by atoms with Crippen molar-refractivity contribution in [3.63, 3.8) is 0 Å². The molecular formula is C15H10IN2O+. The van der Waals surface area contributed by atoms with E-state index in [1.165, 1.54) is 0 Å². The van der Waals surface area contributed by atoms with Gasteiger partial charge in [0.05, 0.1) is 0 Å². The standard InChI is InChI=1S/C15H10IN2O/c16-18-9-8-17(10-18)13-6-3-5-12-11-4-1-2-7-14(11)19-15(12)13/h1-10H/q+1. The molecule has 0 spiro atoms. The van der Waals surface area contributed by atoms with Crippen molar-refractivity contribution in [2.45, 2.75) is 0 Å². The van der Waals surface area contributed by atoms with E-state index in [4.69, 9.17) is 4.42 Å². The molecule has 4 rings (SSSR count). The molecule has 0 N–H and O–H groups in total. The van der Waals surface area contributed by atoms with Crippen LogP contribution in [-0.4, -0.2) is 4.57 Å². The van der Waals surface area contributed by atoms with Gasteiger partial charge in [0.15, 0.2) is 11.3 Å². The maximum atomic E-state index is 6.01. The fourth-order valence-corrected chi connectivity index (χ4v) is 2.82. The number of para-hydroxylation sites is 2. The zero-order valence-corrected chi connectivity index (χ0v) is 12.1. The number of aromatic nitrogens is 2. The summed E-state index contributed by atoms with van der Waals surface area (Å²) in [6, 6.07) is 14.4. The Morgan fingerprint density at radius 3 is 2.68 bits per heavy atom. The van der Waals surface area contributed by atoms with Crippen LogP contribution < -0.4 is 2.78 Å². The van der Waals surface area contributed by atoms with Gasteiger partial charge in [-0.3, -0.25) is 0 Å². The van der Waals surface area contributed by atoms with Crippen molar-refractivity contribution in [2.75, 3.05) is 0 Å². The first-order valence-electron chi connectivity index (χ1n) is 5.99. The summed E-state index contributed by atoms with van der Waals surface area (Å²) in [5, 5.41) is 2.32. The number of benzene rings is 2. The molecule has 3 nitrogen and oxygen atoms in total. The lowest BCUT2D eigenvalue weighted by molar-refractivity contribution is -0.439. The fourth-order valence-electron chi connectivity index (χ4n) is 2.41. The number of hydrogen-bond donors (Lipinski definition) is 0. The van der Waals surface area contributed by atoms with E-state index in [1.807, 2.05) is 39.7 Å². The Labute approximate surface area is 123 Å². The molecule has 0 aliphatic carbocycles. The van der Waals surface area contributed by atoms with Crippen molar-refractivity contribution in [2.24, 2.45) is 0 Å². The van der Waals surface area contributed by atoms with Crippen LogP contribution in [0.25, 0.3) is 27.6 Å². The summed E-state index contributed by atoms with van der Waals surface area (Å²) in [4.78, 5) is 0. The molecule has 0 aliphatic rings. The van der Waals surface area contributed by atoms with Crippen LogP contribution in [0.3, 0.4) is 0 Å². The lowest BCUT2D eigenvalue weighted by Gasteiger charge is -1.96. The van der Waals surface area contributed by atoms with E-state index in [0.717, 1.165) is 27.6 Å². The molecule has 0 fully saturated rings. The van der Waals surface area contributed by atoms with Gasteiger partial charge >= 0.3 is 0 Å². The second kappa shape index (κ2) is 4.09. The molecular weight excluding hydrogens is 351 g/mol. The van der Waals surface area contributed by atoms with Gasteiger partial charge in [-0.15, -0.1) is 0 Å². The number of rotatable bonds is 1. The fraction of sp³-hybridized carbons (Fsp3) is 0. The summed E-state index contributed by atoms with van der Waals surface area (Å²) in [5.41, 5.74) is 2.92. The summed E-state index contributed by atoms with van der Waals surface area (Å²) in [6.45, 7) is 0. The Kier molecular flexibility index (Phi) is 2.38. The minimum Gasteiger partial charge on any atom is -0.452 e. The van der Waals surface area contributed by atoms with E-state index in [2.05, 4.69) is 51.7 Å². The first-order valence-corrected chi connectivity index (χ1v) is 6.95. The van der Waals surface area contributed by atoms with Gasteiger partial charge in [-0.25, -0.2) is 0 Å². The summed E-state index contributed by atoms with van der Waals surface area (Å²) in [6.07, 6.45) is 6.04. The number of imidazole rings is 1. The monoisotopic (exact) mass is 361 g/mol. The van der Waals surface area contributed by atoms with Gasteiger partial charge in [0.2, 0.25) is 22.9 Å². The molecule has 0 saturated carbocycles. The highest BCUT2D eigenvalue weighted by atomic mass is 127. The quantitative estimate of drug-likeness (QED) is 0.472. The van der Waals surface area contributed by atoms with Crippen molar-refractivity contribution < 1.29 is 7.20 Å². The lowest BCUT2D eigenvalue weighted by Crippen LogP contribution is -2.13. The Hall–Kier alpha value is -1.82. The summed E-state index contributed by atoms with van der Waals surface area (Å²) < 4.78 is 10.1. The van der Waals surface area contributed by atoms with Gasteiger partial charge in [0, 0.05) is 10.8 Å². The lowest BCUT2D eigenvalue weighted by atomic mass is 10.1. The van der Waals surface area contributed by atoms with E-state index in [-0.39, 0.29) is 0 Å². The highest BCUT2D eigenvalue weighted by Gasteiger charge is 2.15. The highest BCUT2D eigenvalue weighted by molar-refractivity contribution is 14.1. The third kappa shape index (κ3) is 1.67. The average Bonchev–Trinajstić information content (AvgIpc) is 3.02. The Morgan fingerprint density at radius 2 is 1.84 bits per heavy atom. The minimum absolute atomic E-state index is 0.927. The number of nitrogens with zero attached hydrogens (tertiary/aromatic N) is 2. The van der Waals surface area contributed by atoms with Gasteiger partial charge in [-0.1, -0.05) is 30.3 Å². The van der Waals surface area contributed by atoms with Crippen LogP contribution in [0.4, 0.5) is 0 Å². The third-order valence-electron chi connectivity index (χ3n) is 3.27. The molecule has 0 bridgehead atoms. The summed E-state index contributed by atoms with van der Waals surface area (Å²) in [7, 11) is 0. The molecule has 0 aliphatic heterocycles. The molecule has 2 heterocycles. The van der Waals surface area contributed by atoms with Crippen LogP contribution in [0.1, 0.15) is 0 Å². The molecule has 0 radical (unpaired) electrons. The maximum absolute atomic E-state index is 6.01. The summed E-state index contributed by atoms with van der Waals surface area (Å²) >= 11 is 2.23. The summed E-state index contributed by atoms with van der Waals surface area (Å²) in [5.74, 6) is 0. The third-order valence-corrected chi connectivity index (χ3v) is 3.84. The van der Waals surface area contributed by atoms with Crippen molar-refractivity contribution in [1.29, 1.82) is 0 Å². The van der Waals surface area contributed by atoms with Gasteiger partial charge in [-0.05, 0) is 12.1 Å². The Balaban J connectivity index is 2.12. The second-order valence-electron chi connectivity index (χ2n) is 4.42. The van der Waals surface area contributed by atoms with Crippen LogP contribution in [0.15, 0.2) is 65.6 Å². The predicted octanol–water partition coefficient (Wildman–Crippen LogP) is 3.86. The number of hydrogen-bond acceptors (Lipinski definition) is 1. The molecule has 92 valence electrons. The molecule has 0 saturated heterocycles. The second-order valence-corrected chi connectivity index (χ2v) is 5.53. The topological polar surface area (TPSA) is 21.9 Å². The molecule has 2 aromatic carbocycles. The first kappa shape index (κ1) is 11.0. The Morgan fingerprint density at radius 1 is 1.00 bits per heavy atom. The van der Waals surface area contributed by atoms with Crippen LogP contribution >= 0.6 is 22.9 Å². The zero-order valence-electron chi connectivity index (χ0n) is 9.95. The van der Waals surface area contributed by atoms with E-state index in [9.17, 15) is 0 Å². The molecule has 19 heavy (non-hydrogen) atoms. The maximum Gasteiger partial charge on any atom is 0.257 e. The minimum atomic E-state index is 0.927. The van der Waals surface area contributed by atoms with E-state index < -0.39 is 0 Å². The molecule has 0 unspecified atom stereocenters. The smallest absolute Gasteiger partial charge is 0.257 e. The van der Waals surface area contributed by atoms with Gasteiger partial charge in [0.25, 0.3) is 6.33 Å². The SMILES string of the molecule is I[n+]1ccn(-c2cccc3c2oc2ccccc23)c1. The molecule has 0 atom stereocenters. The van der Waals surface area contributed by atoms with Gasteiger partial charge in [-0.2, -0.15) is 7.35 Å². The molecule has 2 aromatic heterocycles. The number of fused-ring (bicyclic) bond motifs is 3. The van der Waals surface area contributed by atoms with E-state index in [1.54, 1.807) is 0 Å². The van der Waals surface area contributed by atoms with Crippen LogP contribution in [0, 0.1) is 0 Å². The van der Waals surface area contributed by atoms with Crippen LogP contribution in [0.2, 0.25) is 0 Å². The number of furan rings is 1. The van der Waals surface area contributed by atoms with Crippen molar-refractivity contribution in [3.8, 4) is 5.69 Å². The molecule has 0 amide bonds. The van der Waals surface area contributed by atoms with Crippen molar-refractivity contribution >= 4 is 44.8 Å². The normalized spacial score (nSPS) is 11.4. The molecule has 4 heteroatoms. The first-order chi connectivity index (χ1) is 9.33. The highest BCUT2D eigenvalue weighted by Crippen LogP contribution is 2.32. The zero-order chi connectivity index (χ0) is 12.8. The number of halogens is 1. The Bertz CT molecular complexity index is 891. The van der Waals surface area contributed by atoms with E-state index >= 15 is 0 Å². The largest absolute Gasteiger partial charge is 0.452 e. The average molecular weight is 361 g/mol. The van der Waals surface area contributed by atoms with Crippen molar-refractivity contribution in [1.82, 2.24) is 4.57 Å². The van der Waals surface area contributed by atoms with Crippen LogP contribution in [0.5, 0.6) is 0 Å². The van der Waals surface area contributed by atoms with Gasteiger partial charge < -0.3 is 4.42 Å². The predicted molar refractivity (Wildman–Crippen MR) is 82.7 cm³/mol. The van der Waals surface area contributed by atoms with E-state index in [0.29, 0.717) is 0 Å². The van der Waals surface area contributed by atoms with Crippen molar-refractivity contribution in [3.05, 3.63) is 61.2 Å². The van der Waals surface area contributed by atoms with Crippen LogP contribution in [-0.2, 0) is 0 Å². The molecule has 4 aromatic rings.